The highest BCUT2D eigenvalue weighted by Gasteiger charge is 2.16. The van der Waals surface area contributed by atoms with E-state index < -0.39 is 6.10 Å². The quantitative estimate of drug-likeness (QED) is 0.0501. The molecule has 0 aromatic rings. The molecule has 0 aliphatic rings. The number of rotatable bonds is 42. The van der Waals surface area contributed by atoms with Crippen LogP contribution in [0.15, 0.2) is 0 Å². The van der Waals surface area contributed by atoms with Crippen molar-refractivity contribution in [3.63, 3.8) is 0 Å². The van der Waals surface area contributed by atoms with E-state index in [0.717, 1.165) is 38.0 Å². The van der Waals surface area contributed by atoms with Crippen molar-refractivity contribution in [2.75, 3.05) is 13.2 Å². The summed E-state index contributed by atoms with van der Waals surface area (Å²) in [6, 6.07) is 0. The highest BCUT2D eigenvalue weighted by Crippen LogP contribution is 2.17. The van der Waals surface area contributed by atoms with E-state index >= 15 is 0 Å². The summed E-state index contributed by atoms with van der Waals surface area (Å²) in [5, 5.41) is 9.59. The number of carbonyl (C=O) groups excluding carboxylic acids is 2. The van der Waals surface area contributed by atoms with Crippen LogP contribution in [0.3, 0.4) is 0 Å². The minimum absolute atomic E-state index is 0.0569. The smallest absolute Gasteiger partial charge is 0.306 e. The number of unbranched alkanes of at least 4 members (excludes halogenated alkanes) is 32. The maximum absolute atomic E-state index is 12.2. The topological polar surface area (TPSA) is 72.8 Å². The summed E-state index contributed by atoms with van der Waals surface area (Å²) in [6.45, 7) is 6.55. The van der Waals surface area contributed by atoms with Gasteiger partial charge in [0.2, 0.25) is 0 Å². The van der Waals surface area contributed by atoms with Crippen molar-refractivity contribution in [2.45, 2.75) is 264 Å². The average molecular weight is 723 g/mol. The monoisotopic (exact) mass is 723 g/mol. The normalized spacial score (nSPS) is 12.1. The van der Waals surface area contributed by atoms with E-state index in [1.165, 1.54) is 193 Å². The van der Waals surface area contributed by atoms with Gasteiger partial charge in [-0.3, -0.25) is 9.59 Å². The van der Waals surface area contributed by atoms with Gasteiger partial charge in [-0.15, -0.1) is 0 Å². The van der Waals surface area contributed by atoms with E-state index in [0.29, 0.717) is 12.8 Å². The molecule has 5 nitrogen and oxygen atoms in total. The number of hydrogen-bond donors (Lipinski definition) is 1. The molecule has 0 aromatic carbocycles. The minimum atomic E-state index is -0.763. The third-order valence-electron chi connectivity index (χ3n) is 10.6. The summed E-state index contributed by atoms with van der Waals surface area (Å²) in [6.07, 6.45) is 46.1. The highest BCUT2D eigenvalue weighted by molar-refractivity contribution is 5.70. The number of carbonyl (C=O) groups is 2. The van der Waals surface area contributed by atoms with E-state index in [2.05, 4.69) is 20.8 Å². The van der Waals surface area contributed by atoms with Gasteiger partial charge in [0.1, 0.15) is 6.61 Å². The molecule has 0 spiro atoms. The van der Waals surface area contributed by atoms with Gasteiger partial charge in [-0.1, -0.05) is 233 Å². The molecule has 0 fully saturated rings. The Hall–Kier alpha value is -1.10. The maximum Gasteiger partial charge on any atom is 0.306 e. The van der Waals surface area contributed by atoms with Crippen LogP contribution in [0.2, 0.25) is 0 Å². The van der Waals surface area contributed by atoms with E-state index in [-0.39, 0.29) is 25.2 Å². The lowest BCUT2D eigenvalue weighted by atomic mass is 10.0. The van der Waals surface area contributed by atoms with Crippen LogP contribution in [0.1, 0.15) is 258 Å². The van der Waals surface area contributed by atoms with Crippen molar-refractivity contribution in [1.29, 1.82) is 0 Å². The Kier molecular flexibility index (Phi) is 40.8. The predicted molar refractivity (Wildman–Crippen MR) is 219 cm³/mol. The third kappa shape index (κ3) is 41.5. The van der Waals surface area contributed by atoms with Crippen LogP contribution < -0.4 is 0 Å². The molecule has 0 bridgehead atoms. The summed E-state index contributed by atoms with van der Waals surface area (Å²) in [5.74, 6) is 0.288. The first-order chi connectivity index (χ1) is 25.0. The van der Waals surface area contributed by atoms with Crippen LogP contribution in [-0.2, 0) is 19.1 Å². The first-order valence-corrected chi connectivity index (χ1v) is 23.0. The van der Waals surface area contributed by atoms with Gasteiger partial charge in [0.05, 0.1) is 6.61 Å². The van der Waals surface area contributed by atoms with Gasteiger partial charge in [-0.05, 0) is 18.8 Å². The van der Waals surface area contributed by atoms with E-state index in [4.69, 9.17) is 9.47 Å². The Morgan fingerprint density at radius 2 is 0.725 bits per heavy atom. The molecule has 0 saturated heterocycles. The van der Waals surface area contributed by atoms with Gasteiger partial charge in [0, 0.05) is 12.8 Å². The van der Waals surface area contributed by atoms with Crippen LogP contribution >= 0.6 is 0 Å². The second kappa shape index (κ2) is 41.7. The summed E-state index contributed by atoms with van der Waals surface area (Å²) >= 11 is 0. The number of esters is 2. The largest absolute Gasteiger partial charge is 0.462 e. The lowest BCUT2D eigenvalue weighted by Gasteiger charge is -2.15. The second-order valence-electron chi connectivity index (χ2n) is 16.3. The standard InChI is InChI=1S/C46H90O5/c1-4-5-6-7-8-9-10-11-12-13-14-18-21-24-27-30-33-36-39-45(48)50-42-44(41-47)51-46(49)40-37-34-31-28-25-22-19-16-15-17-20-23-26-29-32-35-38-43(2)3/h43-44,47H,4-42H2,1-3H3/t44-/m0/s1. The molecule has 5 heteroatoms. The lowest BCUT2D eigenvalue weighted by Crippen LogP contribution is -2.28. The van der Waals surface area contributed by atoms with E-state index in [1.54, 1.807) is 0 Å². The Morgan fingerprint density at radius 1 is 0.431 bits per heavy atom. The zero-order chi connectivity index (χ0) is 37.3. The molecule has 1 atom stereocenters. The fraction of sp³-hybridized carbons (Fsp3) is 0.957. The average Bonchev–Trinajstić information content (AvgIpc) is 3.12. The molecule has 0 aliphatic carbocycles. The van der Waals surface area contributed by atoms with Crippen molar-refractivity contribution in [3.05, 3.63) is 0 Å². The van der Waals surface area contributed by atoms with Crippen LogP contribution in [0.4, 0.5) is 0 Å². The minimum Gasteiger partial charge on any atom is -0.462 e. The fourth-order valence-electron chi connectivity index (χ4n) is 7.09. The van der Waals surface area contributed by atoms with Crippen LogP contribution in [0.5, 0.6) is 0 Å². The zero-order valence-corrected chi connectivity index (χ0v) is 34.8. The van der Waals surface area contributed by atoms with Gasteiger partial charge >= 0.3 is 11.9 Å². The first kappa shape index (κ1) is 49.9. The Morgan fingerprint density at radius 3 is 1.04 bits per heavy atom. The lowest BCUT2D eigenvalue weighted by molar-refractivity contribution is -0.161. The molecule has 0 saturated carbocycles. The Labute approximate surface area is 319 Å². The fourth-order valence-corrected chi connectivity index (χ4v) is 7.09. The van der Waals surface area contributed by atoms with Gasteiger partial charge < -0.3 is 14.6 Å². The number of ether oxygens (including phenoxy) is 2. The van der Waals surface area contributed by atoms with Crippen molar-refractivity contribution >= 4 is 11.9 Å². The summed E-state index contributed by atoms with van der Waals surface area (Å²) in [5.41, 5.74) is 0. The van der Waals surface area contributed by atoms with Gasteiger partial charge in [-0.25, -0.2) is 0 Å². The second-order valence-corrected chi connectivity index (χ2v) is 16.3. The molecule has 51 heavy (non-hydrogen) atoms. The molecule has 0 rings (SSSR count). The molecule has 0 amide bonds. The summed E-state index contributed by atoms with van der Waals surface area (Å²) < 4.78 is 10.7. The van der Waals surface area contributed by atoms with Crippen molar-refractivity contribution in [2.24, 2.45) is 5.92 Å². The van der Waals surface area contributed by atoms with Crippen LogP contribution in [-0.4, -0.2) is 36.4 Å². The first-order valence-electron chi connectivity index (χ1n) is 23.0. The van der Waals surface area contributed by atoms with E-state index in [9.17, 15) is 14.7 Å². The highest BCUT2D eigenvalue weighted by atomic mass is 16.6. The van der Waals surface area contributed by atoms with E-state index in [1.807, 2.05) is 0 Å². The molecule has 0 aliphatic heterocycles. The SMILES string of the molecule is CCCCCCCCCCCCCCCCCCCCC(=O)OC[C@H](CO)OC(=O)CCCCCCCCCCCCCCCCCCC(C)C. The molecular weight excluding hydrogens is 633 g/mol. The summed E-state index contributed by atoms with van der Waals surface area (Å²) in [4.78, 5) is 24.4. The molecule has 0 heterocycles. The van der Waals surface area contributed by atoms with Crippen LogP contribution in [0.25, 0.3) is 0 Å². The number of aliphatic hydroxyl groups is 1. The number of aliphatic hydroxyl groups excluding tert-OH is 1. The van der Waals surface area contributed by atoms with Crippen LogP contribution in [0, 0.1) is 5.92 Å². The predicted octanol–water partition coefficient (Wildman–Crippen LogP) is 14.5. The zero-order valence-electron chi connectivity index (χ0n) is 34.8. The molecule has 1 N–H and O–H groups in total. The van der Waals surface area contributed by atoms with Crippen molar-refractivity contribution in [1.82, 2.24) is 0 Å². The Balaban J connectivity index is 3.45. The van der Waals surface area contributed by atoms with Gasteiger partial charge in [-0.2, -0.15) is 0 Å². The van der Waals surface area contributed by atoms with Crippen molar-refractivity contribution < 1.29 is 24.2 Å². The Bertz CT molecular complexity index is 708. The third-order valence-corrected chi connectivity index (χ3v) is 10.6. The van der Waals surface area contributed by atoms with Gasteiger partial charge in [0.25, 0.3) is 0 Å². The molecule has 0 radical (unpaired) electrons. The van der Waals surface area contributed by atoms with Gasteiger partial charge in [0.15, 0.2) is 6.10 Å². The molecule has 304 valence electrons. The molecule has 0 aromatic heterocycles. The number of hydrogen-bond acceptors (Lipinski definition) is 5. The van der Waals surface area contributed by atoms with Crippen molar-refractivity contribution in [3.8, 4) is 0 Å². The molecule has 0 unspecified atom stereocenters. The summed E-state index contributed by atoms with van der Waals surface area (Å²) in [7, 11) is 0. The molecular formula is C46H90O5. The maximum atomic E-state index is 12.2.